The van der Waals surface area contributed by atoms with Gasteiger partial charge < -0.3 is 28.9 Å². The maximum Gasteiger partial charge on any atom is 0.472 e. The van der Waals surface area contributed by atoms with Gasteiger partial charge in [-0.1, -0.05) is 90.9 Å². The number of aryl methyl sites for hydroxylation is 5. The molecule has 56 heavy (non-hydrogen) atoms. The van der Waals surface area contributed by atoms with Crippen molar-refractivity contribution in [1.29, 1.82) is 0 Å². The lowest BCUT2D eigenvalue weighted by atomic mass is 10.0. The Morgan fingerprint density at radius 2 is 1.16 bits per heavy atom. The molecule has 0 bridgehead atoms. The zero-order valence-corrected chi connectivity index (χ0v) is 36.5. The Kier molecular flexibility index (Phi) is 26.4. The monoisotopic (exact) mass is 810 g/mol. The summed E-state index contributed by atoms with van der Waals surface area (Å²) in [4.78, 5) is 35.1. The number of rotatable bonds is 35. The second-order valence-electron chi connectivity index (χ2n) is 15.4. The van der Waals surface area contributed by atoms with Crippen molar-refractivity contribution in [2.45, 2.75) is 195 Å². The molecule has 0 saturated carbocycles. The Hall–Kier alpha value is -2.43. The van der Waals surface area contributed by atoms with E-state index in [-0.39, 0.29) is 32.6 Å². The minimum Gasteiger partial charge on any atom is -0.466 e. The minimum absolute atomic E-state index is 0.0397. The fraction of sp³-hybridized carbons (Fsp3) is 0.773. The molecule has 0 aliphatic rings. The van der Waals surface area contributed by atoms with E-state index in [1.54, 1.807) is 0 Å². The van der Waals surface area contributed by atoms with Gasteiger partial charge in [-0.2, -0.15) is 0 Å². The van der Waals surface area contributed by atoms with Gasteiger partial charge >= 0.3 is 19.8 Å². The van der Waals surface area contributed by atoms with E-state index in [4.69, 9.17) is 33.1 Å². The van der Waals surface area contributed by atoms with Gasteiger partial charge in [0.2, 0.25) is 0 Å². The van der Waals surface area contributed by atoms with Crippen molar-refractivity contribution in [2.24, 2.45) is 5.73 Å². The number of esters is 2. The van der Waals surface area contributed by atoms with E-state index in [0.717, 1.165) is 113 Å². The number of hydrogen-bond donors (Lipinski definition) is 2. The van der Waals surface area contributed by atoms with Crippen molar-refractivity contribution in [1.82, 2.24) is 0 Å². The third kappa shape index (κ3) is 21.9. The van der Waals surface area contributed by atoms with E-state index < -0.39 is 32.5 Å². The van der Waals surface area contributed by atoms with Crippen LogP contribution >= 0.6 is 7.82 Å². The summed E-state index contributed by atoms with van der Waals surface area (Å²) in [7, 11) is -4.40. The Labute approximate surface area is 338 Å². The molecular formula is C44H76NO10P. The number of carbonyl (C=O) groups excluding carboxylic acids is 2. The highest BCUT2D eigenvalue weighted by molar-refractivity contribution is 7.47. The third-order valence-corrected chi connectivity index (χ3v) is 11.3. The van der Waals surface area contributed by atoms with Crippen LogP contribution in [0.2, 0.25) is 0 Å². The van der Waals surface area contributed by atoms with Crippen molar-refractivity contribution in [2.75, 3.05) is 26.4 Å². The van der Waals surface area contributed by atoms with Gasteiger partial charge in [-0.15, -0.1) is 0 Å². The molecule has 0 aliphatic heterocycles. The van der Waals surface area contributed by atoms with Crippen LogP contribution < -0.4 is 5.73 Å². The fourth-order valence-electron chi connectivity index (χ4n) is 6.77. The minimum atomic E-state index is -4.40. The van der Waals surface area contributed by atoms with Gasteiger partial charge in [0.1, 0.15) is 29.6 Å². The van der Waals surface area contributed by atoms with Crippen molar-refractivity contribution < 1.29 is 46.4 Å². The Morgan fingerprint density at radius 3 is 1.73 bits per heavy atom. The summed E-state index contributed by atoms with van der Waals surface area (Å²) in [5, 5.41) is 0. The van der Waals surface area contributed by atoms with Crippen LogP contribution in [0.3, 0.4) is 0 Å². The molecule has 12 heteroatoms. The fourth-order valence-corrected chi connectivity index (χ4v) is 7.53. The molecule has 2 atom stereocenters. The summed E-state index contributed by atoms with van der Waals surface area (Å²) in [5.41, 5.74) is 9.20. The first-order valence-electron chi connectivity index (χ1n) is 21.8. The van der Waals surface area contributed by atoms with Crippen LogP contribution in [0.25, 0.3) is 0 Å². The zero-order chi connectivity index (χ0) is 41.0. The van der Waals surface area contributed by atoms with Crippen LogP contribution in [0.1, 0.15) is 182 Å². The van der Waals surface area contributed by atoms with Crippen molar-refractivity contribution in [3.8, 4) is 0 Å². The van der Waals surface area contributed by atoms with Gasteiger partial charge in [0.15, 0.2) is 6.10 Å². The molecule has 2 aromatic heterocycles. The molecule has 2 rings (SSSR count). The lowest BCUT2D eigenvalue weighted by molar-refractivity contribution is -0.161. The summed E-state index contributed by atoms with van der Waals surface area (Å²) in [6.07, 6.45) is 22.2. The smallest absolute Gasteiger partial charge is 0.466 e. The molecule has 11 nitrogen and oxygen atoms in total. The third-order valence-electron chi connectivity index (χ3n) is 10.3. The molecule has 0 aromatic carbocycles. The van der Waals surface area contributed by atoms with Crippen LogP contribution in [0.15, 0.2) is 14.9 Å². The van der Waals surface area contributed by atoms with Crippen molar-refractivity contribution in [3.05, 3.63) is 45.8 Å². The lowest BCUT2D eigenvalue weighted by Gasteiger charge is -2.19. The highest BCUT2D eigenvalue weighted by Crippen LogP contribution is 2.43. The number of ether oxygens (including phenoxy) is 2. The van der Waals surface area contributed by atoms with Gasteiger partial charge in [-0.25, -0.2) is 4.57 Å². The highest BCUT2D eigenvalue weighted by atomic mass is 31.2. The first kappa shape index (κ1) is 49.7. The summed E-state index contributed by atoms with van der Waals surface area (Å²) < 4.78 is 45.2. The predicted molar refractivity (Wildman–Crippen MR) is 222 cm³/mol. The average molecular weight is 810 g/mol. The van der Waals surface area contributed by atoms with Gasteiger partial charge in [-0.3, -0.25) is 18.6 Å². The zero-order valence-electron chi connectivity index (χ0n) is 35.6. The Balaban J connectivity index is 1.63. The van der Waals surface area contributed by atoms with Crippen molar-refractivity contribution >= 4 is 19.8 Å². The van der Waals surface area contributed by atoms with Crippen molar-refractivity contribution in [3.63, 3.8) is 0 Å². The Morgan fingerprint density at radius 1 is 0.661 bits per heavy atom. The number of unbranched alkanes of at least 4 members (excludes halogenated alkanes) is 14. The topological polar surface area (TPSA) is 161 Å². The van der Waals surface area contributed by atoms with E-state index >= 15 is 0 Å². The van der Waals surface area contributed by atoms with Gasteiger partial charge in [-0.05, 0) is 82.1 Å². The molecule has 2 heterocycles. The summed E-state index contributed by atoms with van der Waals surface area (Å²) >= 11 is 0. The largest absolute Gasteiger partial charge is 0.472 e. The summed E-state index contributed by atoms with van der Waals surface area (Å²) in [5.74, 6) is 3.59. The van der Waals surface area contributed by atoms with Crippen LogP contribution in [-0.2, 0) is 58.4 Å². The Bertz CT molecular complexity index is 1400. The molecular weight excluding hydrogens is 733 g/mol. The SMILES string of the molecule is CCCCCc1cc(C)c(CCCCCCCCC(=O)O[C@H](COC(=O)CCCCCCCCc2oc(CCCCC)c(C)c2C)COP(=O)(O)OCCN)o1. The predicted octanol–water partition coefficient (Wildman–Crippen LogP) is 11.1. The number of furan rings is 2. The summed E-state index contributed by atoms with van der Waals surface area (Å²) in [6, 6.07) is 2.18. The van der Waals surface area contributed by atoms with Gasteiger partial charge in [0, 0.05) is 45.1 Å². The summed E-state index contributed by atoms with van der Waals surface area (Å²) in [6.45, 7) is 10.0. The van der Waals surface area contributed by atoms with Crippen LogP contribution in [-0.4, -0.2) is 49.3 Å². The molecule has 2 aromatic rings. The second-order valence-corrected chi connectivity index (χ2v) is 16.8. The van der Waals surface area contributed by atoms with E-state index in [1.807, 2.05) is 0 Å². The molecule has 0 fully saturated rings. The maximum atomic E-state index is 12.7. The number of carbonyl (C=O) groups is 2. The van der Waals surface area contributed by atoms with E-state index in [0.29, 0.717) is 12.8 Å². The maximum absolute atomic E-state index is 12.7. The second kappa shape index (κ2) is 29.7. The van der Waals surface area contributed by atoms with Crippen LogP contribution in [0.4, 0.5) is 0 Å². The van der Waals surface area contributed by atoms with E-state index in [1.165, 1.54) is 55.2 Å². The van der Waals surface area contributed by atoms with Gasteiger partial charge in [0.05, 0.1) is 13.2 Å². The van der Waals surface area contributed by atoms with Crippen LogP contribution in [0.5, 0.6) is 0 Å². The molecule has 0 spiro atoms. The first-order chi connectivity index (χ1) is 27.0. The number of phosphoric acid groups is 1. The molecule has 0 saturated heterocycles. The number of hydrogen-bond acceptors (Lipinski definition) is 10. The molecule has 0 radical (unpaired) electrons. The highest BCUT2D eigenvalue weighted by Gasteiger charge is 2.26. The number of nitrogens with two attached hydrogens (primary N) is 1. The van der Waals surface area contributed by atoms with E-state index in [9.17, 15) is 19.0 Å². The molecule has 3 N–H and O–H groups in total. The molecule has 322 valence electrons. The molecule has 1 unspecified atom stereocenters. The average Bonchev–Trinajstić information content (AvgIpc) is 3.66. The van der Waals surface area contributed by atoms with E-state index in [2.05, 4.69) is 40.7 Å². The van der Waals surface area contributed by atoms with Gasteiger partial charge in [0.25, 0.3) is 0 Å². The first-order valence-corrected chi connectivity index (χ1v) is 23.3. The van der Waals surface area contributed by atoms with Crippen LogP contribution in [0, 0.1) is 20.8 Å². The quantitative estimate of drug-likeness (QED) is 0.0387. The lowest BCUT2D eigenvalue weighted by Crippen LogP contribution is -2.29. The molecule has 0 amide bonds. The molecule has 0 aliphatic carbocycles. The number of phosphoric ester groups is 1. The normalized spacial score (nSPS) is 13.2. The standard InChI is InChI=1S/C44H76NO10P/c1-6-8-18-24-38-32-35(3)40(53-38)25-20-14-10-13-17-23-29-44(47)54-39(34-52-56(48,49)51-31-30-45)33-50-43(46)28-22-16-12-11-15-21-27-42-37(5)36(4)41(55-42)26-19-9-7-2/h32,39H,6-31,33-34,45H2,1-5H3,(H,48,49)/t39-/m1/s1.